The minimum atomic E-state index is -0.831. The Kier molecular flexibility index (Phi) is 6.03. The molecule has 2 aromatic heterocycles. The molecule has 3 rings (SSSR count). The first-order valence-corrected chi connectivity index (χ1v) is 9.48. The van der Waals surface area contributed by atoms with Gasteiger partial charge in [-0.1, -0.05) is 23.5 Å². The summed E-state index contributed by atoms with van der Waals surface area (Å²) < 4.78 is 5.50. The van der Waals surface area contributed by atoms with Gasteiger partial charge in [0.1, 0.15) is 17.4 Å². The van der Waals surface area contributed by atoms with Crippen LogP contribution >= 0.6 is 11.3 Å². The summed E-state index contributed by atoms with van der Waals surface area (Å²) in [4.78, 5) is 44.3. The summed E-state index contributed by atoms with van der Waals surface area (Å²) in [5.74, 6) is -1.58. The first-order chi connectivity index (χ1) is 13.9. The molecule has 0 spiro atoms. The average molecular weight is 413 g/mol. The lowest BCUT2D eigenvalue weighted by atomic mass is 10.2. The van der Waals surface area contributed by atoms with Crippen molar-refractivity contribution >= 4 is 44.5 Å². The number of fused-ring (bicyclic) bond motifs is 1. The van der Waals surface area contributed by atoms with Crippen molar-refractivity contribution in [2.24, 2.45) is 0 Å². The van der Waals surface area contributed by atoms with Crippen LogP contribution in [0.25, 0.3) is 10.2 Å². The maximum atomic E-state index is 12.4. The van der Waals surface area contributed by atoms with Crippen molar-refractivity contribution < 1.29 is 19.1 Å². The van der Waals surface area contributed by atoms with Gasteiger partial charge in [-0.2, -0.15) is 0 Å². The quantitative estimate of drug-likeness (QED) is 0.521. The fourth-order valence-electron chi connectivity index (χ4n) is 2.56. The molecular formula is C19H19N5O4S. The van der Waals surface area contributed by atoms with Gasteiger partial charge < -0.3 is 21.1 Å². The number of carbonyl (C=O) groups excluding carboxylic acids is 3. The molecule has 10 heteroatoms. The van der Waals surface area contributed by atoms with E-state index in [0.717, 1.165) is 15.8 Å². The van der Waals surface area contributed by atoms with E-state index in [4.69, 9.17) is 5.73 Å². The van der Waals surface area contributed by atoms with Gasteiger partial charge in [-0.15, -0.1) is 0 Å². The van der Waals surface area contributed by atoms with Crippen LogP contribution in [0.1, 0.15) is 33.5 Å². The minimum Gasteiger partial charge on any atom is -0.467 e. The first-order valence-electron chi connectivity index (χ1n) is 8.66. The molecule has 0 aliphatic carbocycles. The third-order valence-electron chi connectivity index (χ3n) is 4.04. The van der Waals surface area contributed by atoms with Crippen LogP contribution in [0, 0.1) is 0 Å². The molecule has 0 aliphatic heterocycles. The molecule has 0 bridgehead atoms. The zero-order valence-corrected chi connectivity index (χ0v) is 16.6. The highest BCUT2D eigenvalue weighted by Gasteiger charge is 2.18. The number of nitrogens with two attached hydrogens (primary N) is 1. The Morgan fingerprint density at radius 3 is 2.59 bits per heavy atom. The van der Waals surface area contributed by atoms with E-state index in [-0.39, 0.29) is 17.9 Å². The third kappa shape index (κ3) is 4.85. The molecule has 2 heterocycles. The highest BCUT2D eigenvalue weighted by atomic mass is 32.1. The lowest BCUT2D eigenvalue weighted by Gasteiger charge is -2.11. The molecule has 1 aromatic carbocycles. The van der Waals surface area contributed by atoms with Crippen LogP contribution < -0.4 is 16.4 Å². The standard InChI is InChI=1S/C19H19N5O4S/c1-10(18(27)28-2)22-17(26)14-5-3-4-13(23-14)16(25)21-9-11-6-7-12-15(8-11)29-19(20)24-12/h3-8,10H,9H2,1-2H3,(H2,20,24)(H,21,25)(H,22,26)/t10-/m0/s1. The number of nitrogens with zero attached hydrogens (tertiary/aromatic N) is 2. The van der Waals surface area contributed by atoms with E-state index in [1.807, 2.05) is 18.2 Å². The molecule has 4 N–H and O–H groups in total. The molecule has 29 heavy (non-hydrogen) atoms. The van der Waals surface area contributed by atoms with Gasteiger partial charge in [0.25, 0.3) is 11.8 Å². The molecule has 3 aromatic rings. The largest absolute Gasteiger partial charge is 0.467 e. The van der Waals surface area contributed by atoms with E-state index in [9.17, 15) is 14.4 Å². The van der Waals surface area contributed by atoms with Crippen molar-refractivity contribution in [1.82, 2.24) is 20.6 Å². The summed E-state index contributed by atoms with van der Waals surface area (Å²) in [6.45, 7) is 1.78. The van der Waals surface area contributed by atoms with E-state index in [0.29, 0.717) is 5.13 Å². The second-order valence-corrected chi connectivity index (χ2v) is 7.23. The Balaban J connectivity index is 1.65. The fraction of sp³-hybridized carbons (Fsp3) is 0.211. The van der Waals surface area contributed by atoms with Gasteiger partial charge in [0.2, 0.25) is 0 Å². The second-order valence-electron chi connectivity index (χ2n) is 6.16. The highest BCUT2D eigenvalue weighted by molar-refractivity contribution is 7.22. The molecule has 1 atom stereocenters. The number of nitrogens with one attached hydrogen (secondary N) is 2. The van der Waals surface area contributed by atoms with Crippen molar-refractivity contribution in [3.63, 3.8) is 0 Å². The number of nitrogen functional groups attached to an aromatic ring is 1. The maximum Gasteiger partial charge on any atom is 0.328 e. The first kappa shape index (κ1) is 20.2. The molecule has 150 valence electrons. The number of aromatic nitrogens is 2. The molecular weight excluding hydrogens is 394 g/mol. The van der Waals surface area contributed by atoms with Gasteiger partial charge in [0.15, 0.2) is 5.13 Å². The number of hydrogen-bond donors (Lipinski definition) is 3. The summed E-state index contributed by atoms with van der Waals surface area (Å²) in [7, 11) is 1.23. The van der Waals surface area contributed by atoms with Gasteiger partial charge in [-0.25, -0.2) is 14.8 Å². The monoisotopic (exact) mass is 413 g/mol. The van der Waals surface area contributed by atoms with Crippen molar-refractivity contribution in [2.75, 3.05) is 12.8 Å². The van der Waals surface area contributed by atoms with Crippen LogP contribution in [-0.4, -0.2) is 40.9 Å². The van der Waals surface area contributed by atoms with Gasteiger partial charge in [-0.05, 0) is 36.8 Å². The van der Waals surface area contributed by atoms with E-state index >= 15 is 0 Å². The number of amides is 2. The van der Waals surface area contributed by atoms with Gasteiger partial charge in [0.05, 0.1) is 17.3 Å². The number of hydrogen-bond acceptors (Lipinski definition) is 8. The van der Waals surface area contributed by atoms with E-state index in [1.165, 1.54) is 37.5 Å². The number of rotatable bonds is 6. The summed E-state index contributed by atoms with van der Waals surface area (Å²) in [6.07, 6.45) is 0. The van der Waals surface area contributed by atoms with E-state index in [2.05, 4.69) is 25.3 Å². The van der Waals surface area contributed by atoms with Crippen LogP contribution in [0.2, 0.25) is 0 Å². The number of methoxy groups -OCH3 is 1. The summed E-state index contributed by atoms with van der Waals surface area (Å²) in [5, 5.41) is 5.72. The number of benzene rings is 1. The zero-order valence-electron chi connectivity index (χ0n) is 15.8. The number of thiazole rings is 1. The topological polar surface area (TPSA) is 136 Å². The Labute approximate surface area is 170 Å². The summed E-state index contributed by atoms with van der Waals surface area (Å²) in [6, 6.07) is 9.28. The van der Waals surface area contributed by atoms with Crippen LogP contribution in [0.3, 0.4) is 0 Å². The summed E-state index contributed by atoms with van der Waals surface area (Å²) >= 11 is 1.37. The number of pyridine rings is 1. The minimum absolute atomic E-state index is 0.0231. The van der Waals surface area contributed by atoms with Gasteiger partial charge in [0, 0.05) is 6.54 Å². The second kappa shape index (κ2) is 8.65. The fourth-order valence-corrected chi connectivity index (χ4v) is 3.36. The number of anilines is 1. The maximum absolute atomic E-state index is 12.4. The number of ether oxygens (including phenoxy) is 1. The number of carbonyl (C=O) groups is 3. The molecule has 0 saturated heterocycles. The van der Waals surface area contributed by atoms with Crippen molar-refractivity contribution in [3.05, 3.63) is 53.3 Å². The van der Waals surface area contributed by atoms with Crippen molar-refractivity contribution in [3.8, 4) is 0 Å². The molecule has 0 unspecified atom stereocenters. The highest BCUT2D eigenvalue weighted by Crippen LogP contribution is 2.24. The molecule has 2 amide bonds. The number of esters is 1. The van der Waals surface area contributed by atoms with Crippen molar-refractivity contribution in [2.45, 2.75) is 19.5 Å². The molecule has 0 saturated carbocycles. The zero-order chi connectivity index (χ0) is 21.0. The SMILES string of the molecule is COC(=O)[C@H](C)NC(=O)c1cccc(C(=O)NCc2ccc3nc(N)sc3c2)n1. The van der Waals surface area contributed by atoms with Crippen LogP contribution in [0.5, 0.6) is 0 Å². The van der Waals surface area contributed by atoms with Crippen LogP contribution in [-0.2, 0) is 16.1 Å². The Morgan fingerprint density at radius 2 is 1.86 bits per heavy atom. The Hall–Kier alpha value is -3.53. The molecule has 0 fully saturated rings. The van der Waals surface area contributed by atoms with Crippen LogP contribution in [0.4, 0.5) is 5.13 Å². The van der Waals surface area contributed by atoms with E-state index < -0.39 is 23.8 Å². The molecule has 0 radical (unpaired) electrons. The average Bonchev–Trinajstić information content (AvgIpc) is 3.10. The van der Waals surface area contributed by atoms with Gasteiger partial charge >= 0.3 is 5.97 Å². The Bertz CT molecular complexity index is 1080. The predicted molar refractivity (Wildman–Crippen MR) is 108 cm³/mol. The van der Waals surface area contributed by atoms with Gasteiger partial charge in [-0.3, -0.25) is 9.59 Å². The van der Waals surface area contributed by atoms with Crippen LogP contribution in [0.15, 0.2) is 36.4 Å². The molecule has 0 aliphatic rings. The normalized spacial score (nSPS) is 11.7. The third-order valence-corrected chi connectivity index (χ3v) is 4.89. The Morgan fingerprint density at radius 1 is 1.14 bits per heavy atom. The van der Waals surface area contributed by atoms with Crippen molar-refractivity contribution in [1.29, 1.82) is 0 Å². The van der Waals surface area contributed by atoms with E-state index in [1.54, 1.807) is 6.07 Å². The molecule has 9 nitrogen and oxygen atoms in total. The lowest BCUT2D eigenvalue weighted by molar-refractivity contribution is -0.142. The predicted octanol–water partition coefficient (Wildman–Crippen LogP) is 1.49. The lowest BCUT2D eigenvalue weighted by Crippen LogP contribution is -2.39. The smallest absolute Gasteiger partial charge is 0.328 e. The summed E-state index contributed by atoms with van der Waals surface area (Å²) in [5.41, 5.74) is 7.51.